The predicted molar refractivity (Wildman–Crippen MR) is 95.9 cm³/mol. The molecule has 2 saturated carbocycles. The molecule has 0 aromatic heterocycles. The van der Waals surface area contributed by atoms with Gasteiger partial charge in [0.15, 0.2) is 0 Å². The van der Waals surface area contributed by atoms with Crippen LogP contribution in [0.5, 0.6) is 0 Å². The van der Waals surface area contributed by atoms with Crippen LogP contribution in [0.2, 0.25) is 5.02 Å². The van der Waals surface area contributed by atoms with Gasteiger partial charge < -0.3 is 15.3 Å². The molecule has 2 aliphatic carbocycles. The van der Waals surface area contributed by atoms with Crippen LogP contribution in [0.4, 0.5) is 10.5 Å². The Morgan fingerprint density at radius 3 is 2.81 bits per heavy atom. The molecule has 2 heterocycles. The van der Waals surface area contributed by atoms with E-state index in [2.05, 4.69) is 11.4 Å². The fourth-order valence-electron chi connectivity index (χ4n) is 4.72. The van der Waals surface area contributed by atoms with E-state index >= 15 is 0 Å². The number of hydrogen-bond acceptors (Lipinski definition) is 3. The molecule has 2 saturated heterocycles. The Morgan fingerprint density at radius 1 is 1.38 bits per heavy atom. The number of fused-ring (bicyclic) bond motifs is 2. The van der Waals surface area contributed by atoms with E-state index in [1.165, 1.54) is 4.90 Å². The number of halogens is 1. The summed E-state index contributed by atoms with van der Waals surface area (Å²) in [6.07, 6.45) is 2.63. The maximum atomic E-state index is 12.8. The van der Waals surface area contributed by atoms with E-state index < -0.39 is 11.5 Å². The van der Waals surface area contributed by atoms with Crippen LogP contribution in [-0.2, 0) is 4.79 Å². The van der Waals surface area contributed by atoms with E-state index in [1.54, 1.807) is 18.2 Å². The number of carbonyl (C=O) groups excluding carboxylic acids is 1. The quantitative estimate of drug-likeness (QED) is 0.842. The number of amides is 2. The molecule has 1 aromatic rings. The molecular formula is C19H20ClN3O3. The third kappa shape index (κ3) is 2.53. The number of benzene rings is 1. The molecule has 5 rings (SSSR count). The molecule has 7 heteroatoms. The second-order valence-corrected chi connectivity index (χ2v) is 8.26. The van der Waals surface area contributed by atoms with Crippen molar-refractivity contribution < 1.29 is 14.7 Å². The first-order valence-corrected chi connectivity index (χ1v) is 9.26. The smallest absolute Gasteiger partial charge is 0.329 e. The SMILES string of the molecule is CC1CC2CC(C(=O)O)(C1)N2C(=O)Nc1ccc(Cl)c([C@@H]2C[C@@H]2C#N)c1. The number of aliphatic carboxylic acids is 1. The second-order valence-electron chi connectivity index (χ2n) is 7.85. The van der Waals surface area contributed by atoms with Crippen LogP contribution in [0.3, 0.4) is 0 Å². The number of carboxylic acid groups (broad SMARTS) is 1. The topological polar surface area (TPSA) is 93.4 Å². The number of nitrogens with zero attached hydrogens (tertiary/aromatic N) is 2. The lowest BCUT2D eigenvalue weighted by atomic mass is 9.64. The van der Waals surface area contributed by atoms with Gasteiger partial charge in [-0.2, -0.15) is 5.26 Å². The van der Waals surface area contributed by atoms with Crippen LogP contribution in [-0.4, -0.2) is 33.6 Å². The first-order valence-electron chi connectivity index (χ1n) is 8.88. The zero-order valence-corrected chi connectivity index (χ0v) is 15.2. The Balaban J connectivity index is 1.53. The van der Waals surface area contributed by atoms with Gasteiger partial charge in [-0.1, -0.05) is 18.5 Å². The summed E-state index contributed by atoms with van der Waals surface area (Å²) in [4.78, 5) is 26.1. The number of anilines is 1. The van der Waals surface area contributed by atoms with Crippen LogP contribution in [0, 0.1) is 23.2 Å². The maximum absolute atomic E-state index is 12.8. The number of hydrogen-bond donors (Lipinski definition) is 2. The molecule has 3 unspecified atom stereocenters. The molecule has 0 spiro atoms. The summed E-state index contributed by atoms with van der Waals surface area (Å²) in [5.74, 6) is -0.542. The first kappa shape index (κ1) is 17.2. The Hall–Kier alpha value is -2.26. The molecule has 1 aromatic carbocycles. The summed E-state index contributed by atoms with van der Waals surface area (Å²) in [6, 6.07) is 7.06. The molecule has 2 N–H and O–H groups in total. The molecular weight excluding hydrogens is 354 g/mol. The second kappa shape index (κ2) is 5.88. The number of piperidine rings is 1. The van der Waals surface area contributed by atoms with Gasteiger partial charge in [-0.15, -0.1) is 0 Å². The number of nitrogens with one attached hydrogen (secondary N) is 1. The molecule has 4 aliphatic rings. The molecule has 6 nitrogen and oxygen atoms in total. The number of carbonyl (C=O) groups is 2. The fourth-order valence-corrected chi connectivity index (χ4v) is 4.98. The zero-order chi connectivity index (χ0) is 18.6. The lowest BCUT2D eigenvalue weighted by Gasteiger charge is -2.60. The van der Waals surface area contributed by atoms with Crippen LogP contribution in [0.1, 0.15) is 44.1 Å². The van der Waals surface area contributed by atoms with Crippen LogP contribution < -0.4 is 5.32 Å². The van der Waals surface area contributed by atoms with E-state index in [-0.39, 0.29) is 23.9 Å². The Bertz CT molecular complexity index is 836. The van der Waals surface area contributed by atoms with Crippen molar-refractivity contribution in [3.63, 3.8) is 0 Å². The lowest BCUT2D eigenvalue weighted by molar-refractivity contribution is -0.173. The molecule has 5 atom stereocenters. The van der Waals surface area contributed by atoms with Crippen LogP contribution in [0.25, 0.3) is 0 Å². The van der Waals surface area contributed by atoms with Crippen LogP contribution >= 0.6 is 11.6 Å². The standard InChI is InChI=1S/C19H20ClN3O3/c1-10-4-13-8-19(7-10,17(24)25)23(13)18(26)22-12-2-3-16(20)15(6-12)14-5-11(14)9-21/h2-3,6,10-11,13-14H,4-5,7-8H2,1H3,(H,22,26)(H,24,25)/t10?,11-,13?,14-,19?/m1/s1. The molecule has 26 heavy (non-hydrogen) atoms. The summed E-state index contributed by atoms with van der Waals surface area (Å²) >= 11 is 6.24. The Kier molecular flexibility index (Phi) is 3.89. The van der Waals surface area contributed by atoms with Crippen LogP contribution in [0.15, 0.2) is 18.2 Å². The summed E-state index contributed by atoms with van der Waals surface area (Å²) in [5.41, 5.74) is 0.363. The van der Waals surface area contributed by atoms with Gasteiger partial charge >= 0.3 is 12.0 Å². The number of urea groups is 1. The first-order chi connectivity index (χ1) is 12.4. The van der Waals surface area contributed by atoms with Crippen molar-refractivity contribution in [3.05, 3.63) is 28.8 Å². The number of nitriles is 1. The van der Waals surface area contributed by atoms with E-state index in [9.17, 15) is 14.7 Å². The highest BCUT2D eigenvalue weighted by Crippen LogP contribution is 2.51. The van der Waals surface area contributed by atoms with Crippen molar-refractivity contribution in [1.82, 2.24) is 4.90 Å². The monoisotopic (exact) mass is 373 g/mol. The third-order valence-electron chi connectivity index (χ3n) is 5.98. The van der Waals surface area contributed by atoms with Gasteiger partial charge in [0, 0.05) is 29.1 Å². The molecule has 136 valence electrons. The van der Waals surface area contributed by atoms with Gasteiger partial charge in [0.1, 0.15) is 5.54 Å². The number of carboxylic acids is 1. The third-order valence-corrected chi connectivity index (χ3v) is 6.32. The van der Waals surface area contributed by atoms with Crippen molar-refractivity contribution in [2.75, 3.05) is 5.32 Å². The predicted octanol–water partition coefficient (Wildman–Crippen LogP) is 3.83. The lowest BCUT2D eigenvalue weighted by Crippen LogP contribution is -2.75. The average Bonchev–Trinajstić information content (AvgIpc) is 3.35. The van der Waals surface area contributed by atoms with Gasteiger partial charge in [-0.3, -0.25) is 0 Å². The van der Waals surface area contributed by atoms with Crippen molar-refractivity contribution >= 4 is 29.3 Å². The van der Waals surface area contributed by atoms with Gasteiger partial charge in [0.05, 0.1) is 12.0 Å². The van der Waals surface area contributed by atoms with Crippen molar-refractivity contribution in [2.24, 2.45) is 11.8 Å². The molecule has 2 aliphatic heterocycles. The minimum atomic E-state index is -1.08. The fraction of sp³-hybridized carbons (Fsp3) is 0.526. The minimum Gasteiger partial charge on any atom is -0.479 e. The molecule has 0 radical (unpaired) electrons. The van der Waals surface area contributed by atoms with Gasteiger partial charge in [0.25, 0.3) is 0 Å². The Labute approximate surface area is 156 Å². The molecule has 4 fully saturated rings. The van der Waals surface area contributed by atoms with Crippen molar-refractivity contribution in [1.29, 1.82) is 5.26 Å². The molecule has 2 amide bonds. The van der Waals surface area contributed by atoms with E-state index in [0.29, 0.717) is 29.5 Å². The summed E-state index contributed by atoms with van der Waals surface area (Å²) < 4.78 is 0. The maximum Gasteiger partial charge on any atom is 0.329 e. The zero-order valence-electron chi connectivity index (χ0n) is 14.4. The largest absolute Gasteiger partial charge is 0.479 e. The number of rotatable bonds is 3. The van der Waals surface area contributed by atoms with E-state index in [1.807, 2.05) is 6.92 Å². The normalized spacial score (nSPS) is 34.4. The molecule has 2 bridgehead atoms. The summed E-state index contributed by atoms with van der Waals surface area (Å²) in [6.45, 7) is 2.03. The van der Waals surface area contributed by atoms with Gasteiger partial charge in [0.2, 0.25) is 0 Å². The minimum absolute atomic E-state index is 0.0203. The summed E-state index contributed by atoms with van der Waals surface area (Å²) in [5, 5.41) is 22.1. The summed E-state index contributed by atoms with van der Waals surface area (Å²) in [7, 11) is 0. The van der Waals surface area contributed by atoms with Gasteiger partial charge in [-0.25, -0.2) is 9.59 Å². The average molecular weight is 374 g/mol. The van der Waals surface area contributed by atoms with E-state index in [4.69, 9.17) is 16.9 Å². The highest BCUT2D eigenvalue weighted by atomic mass is 35.5. The van der Waals surface area contributed by atoms with Crippen molar-refractivity contribution in [3.8, 4) is 6.07 Å². The van der Waals surface area contributed by atoms with Gasteiger partial charge in [-0.05, 0) is 48.9 Å². The van der Waals surface area contributed by atoms with E-state index in [0.717, 1.165) is 18.4 Å². The highest BCUT2D eigenvalue weighted by Gasteiger charge is 2.63. The highest BCUT2D eigenvalue weighted by molar-refractivity contribution is 6.31. The Morgan fingerprint density at radius 2 is 2.15 bits per heavy atom. The van der Waals surface area contributed by atoms with Crippen molar-refractivity contribution in [2.45, 2.75) is 50.1 Å².